The first-order valence-corrected chi connectivity index (χ1v) is 7.18. The number of aliphatic carboxylic acids is 1. The summed E-state index contributed by atoms with van der Waals surface area (Å²) in [6.07, 6.45) is 0.619. The molecular weight excluding hydrogens is 292 g/mol. The van der Waals surface area contributed by atoms with Crippen LogP contribution < -0.4 is 22.1 Å². The van der Waals surface area contributed by atoms with Gasteiger partial charge in [0.2, 0.25) is 11.8 Å². The number of carbonyl (C=O) groups excluding carboxylic acids is 2. The van der Waals surface area contributed by atoms with Crippen LogP contribution in [0.4, 0.5) is 0 Å². The first-order chi connectivity index (χ1) is 10.2. The minimum Gasteiger partial charge on any atom is -0.480 e. The summed E-state index contributed by atoms with van der Waals surface area (Å²) in [5.74, 6) is -2.59. The van der Waals surface area contributed by atoms with E-state index in [2.05, 4.69) is 10.6 Å². The van der Waals surface area contributed by atoms with Gasteiger partial charge >= 0.3 is 5.97 Å². The number of carboxylic acid groups (broad SMARTS) is 1. The second-order valence-electron chi connectivity index (χ2n) is 5.19. The molecule has 0 rings (SSSR count). The van der Waals surface area contributed by atoms with Crippen LogP contribution >= 0.6 is 0 Å². The predicted octanol–water partition coefficient (Wildman–Crippen LogP) is -2.10. The molecule has 9 heteroatoms. The summed E-state index contributed by atoms with van der Waals surface area (Å²) in [5, 5.41) is 22.9. The van der Waals surface area contributed by atoms with E-state index in [0.29, 0.717) is 19.4 Å². The van der Waals surface area contributed by atoms with Crippen LogP contribution in [0.2, 0.25) is 0 Å². The lowest BCUT2D eigenvalue weighted by Crippen LogP contribution is -2.57. The molecule has 0 unspecified atom stereocenters. The van der Waals surface area contributed by atoms with E-state index in [1.807, 2.05) is 0 Å². The van der Waals surface area contributed by atoms with Crippen molar-refractivity contribution in [3.05, 3.63) is 0 Å². The zero-order chi connectivity index (χ0) is 17.3. The molecule has 22 heavy (non-hydrogen) atoms. The number of aliphatic hydroxyl groups is 1. The topological polar surface area (TPSA) is 168 Å². The highest BCUT2D eigenvalue weighted by atomic mass is 16.4. The van der Waals surface area contributed by atoms with Crippen molar-refractivity contribution in [3.8, 4) is 0 Å². The summed E-state index contributed by atoms with van der Waals surface area (Å²) in [4.78, 5) is 34.5. The van der Waals surface area contributed by atoms with Crippen molar-refractivity contribution < 1.29 is 24.6 Å². The molecule has 0 aliphatic carbocycles. The molecular formula is C13H26N4O5. The van der Waals surface area contributed by atoms with Crippen LogP contribution in [0.3, 0.4) is 0 Å². The van der Waals surface area contributed by atoms with Gasteiger partial charge in [-0.3, -0.25) is 14.4 Å². The average Bonchev–Trinajstić information content (AvgIpc) is 2.43. The smallest absolute Gasteiger partial charge is 0.325 e. The van der Waals surface area contributed by atoms with Gasteiger partial charge in [0.05, 0.1) is 12.1 Å². The molecule has 9 nitrogen and oxygen atoms in total. The Morgan fingerprint density at radius 1 is 1.09 bits per heavy atom. The largest absolute Gasteiger partial charge is 0.480 e. The first kappa shape index (κ1) is 20.3. The van der Waals surface area contributed by atoms with Gasteiger partial charge in [-0.05, 0) is 33.2 Å². The molecule has 0 aromatic carbocycles. The van der Waals surface area contributed by atoms with E-state index >= 15 is 0 Å². The molecule has 0 aromatic heterocycles. The summed E-state index contributed by atoms with van der Waals surface area (Å²) >= 11 is 0. The third-order valence-electron chi connectivity index (χ3n) is 3.10. The van der Waals surface area contributed by atoms with Crippen molar-refractivity contribution in [3.63, 3.8) is 0 Å². The van der Waals surface area contributed by atoms with Gasteiger partial charge in [0.1, 0.15) is 12.1 Å². The Morgan fingerprint density at radius 2 is 1.68 bits per heavy atom. The summed E-state index contributed by atoms with van der Waals surface area (Å²) in [7, 11) is 0. The quantitative estimate of drug-likeness (QED) is 0.251. The molecule has 8 N–H and O–H groups in total. The molecule has 2 amide bonds. The van der Waals surface area contributed by atoms with Crippen LogP contribution in [0, 0.1) is 0 Å². The van der Waals surface area contributed by atoms with Crippen LogP contribution in [0.25, 0.3) is 0 Å². The predicted molar refractivity (Wildman–Crippen MR) is 79.7 cm³/mol. The van der Waals surface area contributed by atoms with Crippen LogP contribution in [-0.2, 0) is 14.4 Å². The molecule has 0 heterocycles. The number of amides is 2. The summed E-state index contributed by atoms with van der Waals surface area (Å²) in [5.41, 5.74) is 11.0. The van der Waals surface area contributed by atoms with E-state index in [-0.39, 0.29) is 0 Å². The van der Waals surface area contributed by atoms with Crippen LogP contribution in [0.5, 0.6) is 0 Å². The fourth-order valence-corrected chi connectivity index (χ4v) is 1.67. The highest BCUT2D eigenvalue weighted by molar-refractivity contribution is 5.92. The number of carbonyl (C=O) groups is 3. The highest BCUT2D eigenvalue weighted by Gasteiger charge is 2.29. The molecule has 128 valence electrons. The van der Waals surface area contributed by atoms with E-state index in [1.165, 1.54) is 13.8 Å². The number of aliphatic hydroxyl groups excluding tert-OH is 1. The molecule has 0 saturated carbocycles. The summed E-state index contributed by atoms with van der Waals surface area (Å²) < 4.78 is 0. The fourth-order valence-electron chi connectivity index (χ4n) is 1.67. The fraction of sp³-hybridized carbons (Fsp3) is 0.769. The van der Waals surface area contributed by atoms with Crippen molar-refractivity contribution >= 4 is 17.8 Å². The third kappa shape index (κ3) is 7.34. The maximum atomic E-state index is 11.9. The van der Waals surface area contributed by atoms with E-state index in [9.17, 15) is 19.5 Å². The Balaban J connectivity index is 4.60. The van der Waals surface area contributed by atoms with Crippen LogP contribution in [0.1, 0.15) is 33.1 Å². The minimum atomic E-state index is -1.27. The van der Waals surface area contributed by atoms with Crippen molar-refractivity contribution in [1.82, 2.24) is 10.6 Å². The average molecular weight is 318 g/mol. The first-order valence-electron chi connectivity index (χ1n) is 7.18. The van der Waals surface area contributed by atoms with Crippen LogP contribution in [0.15, 0.2) is 0 Å². The Labute approximate surface area is 129 Å². The molecule has 0 aromatic rings. The van der Waals surface area contributed by atoms with Gasteiger partial charge in [0, 0.05) is 0 Å². The molecule has 0 radical (unpaired) electrons. The SMILES string of the molecule is C[C@H](NC(=O)[C@@H](NC(=O)[C@@H](N)CCCCN)[C@@H](C)O)C(=O)O. The lowest BCUT2D eigenvalue weighted by molar-refractivity contribution is -0.142. The normalized spacial score (nSPS) is 16.2. The monoisotopic (exact) mass is 318 g/mol. The number of nitrogens with two attached hydrogens (primary N) is 2. The Kier molecular flexibility index (Phi) is 9.31. The van der Waals surface area contributed by atoms with Gasteiger partial charge in [0.15, 0.2) is 0 Å². The van der Waals surface area contributed by atoms with Gasteiger partial charge < -0.3 is 32.3 Å². The van der Waals surface area contributed by atoms with E-state index < -0.39 is 42.0 Å². The number of unbranched alkanes of at least 4 members (excludes halogenated alkanes) is 1. The second-order valence-corrected chi connectivity index (χ2v) is 5.19. The molecule has 0 spiro atoms. The second kappa shape index (κ2) is 10.1. The highest BCUT2D eigenvalue weighted by Crippen LogP contribution is 2.01. The maximum Gasteiger partial charge on any atom is 0.325 e. The van der Waals surface area contributed by atoms with Crippen molar-refractivity contribution in [2.45, 2.75) is 57.3 Å². The Morgan fingerprint density at radius 3 is 2.14 bits per heavy atom. The number of hydrogen-bond donors (Lipinski definition) is 6. The van der Waals surface area contributed by atoms with Crippen molar-refractivity contribution in [2.75, 3.05) is 6.54 Å². The van der Waals surface area contributed by atoms with Crippen molar-refractivity contribution in [1.29, 1.82) is 0 Å². The zero-order valence-electron chi connectivity index (χ0n) is 12.9. The standard InChI is InChI=1S/C13H26N4O5/c1-7(13(21)22)16-12(20)10(8(2)18)17-11(19)9(15)5-3-4-6-14/h7-10,18H,3-6,14-15H2,1-2H3,(H,16,20)(H,17,19)(H,21,22)/t7-,8+,9-,10-/m0/s1. The van der Waals surface area contributed by atoms with Gasteiger partial charge in [-0.25, -0.2) is 0 Å². The summed E-state index contributed by atoms with van der Waals surface area (Å²) in [6, 6.07) is -3.23. The number of nitrogens with one attached hydrogen (secondary N) is 2. The zero-order valence-corrected chi connectivity index (χ0v) is 12.9. The molecule has 4 atom stereocenters. The molecule has 0 bridgehead atoms. The third-order valence-corrected chi connectivity index (χ3v) is 3.10. The van der Waals surface area contributed by atoms with E-state index in [0.717, 1.165) is 6.42 Å². The van der Waals surface area contributed by atoms with Gasteiger partial charge in [0.25, 0.3) is 0 Å². The molecule has 0 fully saturated rings. The minimum absolute atomic E-state index is 0.405. The number of carboxylic acids is 1. The number of hydrogen-bond acceptors (Lipinski definition) is 6. The van der Waals surface area contributed by atoms with Crippen LogP contribution in [-0.4, -0.2) is 58.8 Å². The van der Waals surface area contributed by atoms with E-state index in [4.69, 9.17) is 16.6 Å². The summed E-state index contributed by atoms with van der Waals surface area (Å²) in [6.45, 7) is 3.09. The lowest BCUT2D eigenvalue weighted by atomic mass is 10.1. The van der Waals surface area contributed by atoms with Gasteiger partial charge in [-0.2, -0.15) is 0 Å². The molecule has 0 aliphatic rings. The Hall–Kier alpha value is -1.71. The number of rotatable bonds is 10. The van der Waals surface area contributed by atoms with E-state index in [1.54, 1.807) is 0 Å². The molecule has 0 saturated heterocycles. The Bertz CT molecular complexity index is 389. The van der Waals surface area contributed by atoms with Gasteiger partial charge in [-0.1, -0.05) is 6.42 Å². The van der Waals surface area contributed by atoms with Crippen molar-refractivity contribution in [2.24, 2.45) is 11.5 Å². The molecule has 0 aliphatic heterocycles. The van der Waals surface area contributed by atoms with Gasteiger partial charge in [-0.15, -0.1) is 0 Å². The lowest BCUT2D eigenvalue weighted by Gasteiger charge is -2.23. The maximum absolute atomic E-state index is 11.9.